The van der Waals surface area contributed by atoms with Crippen molar-refractivity contribution in [1.29, 1.82) is 0 Å². The van der Waals surface area contributed by atoms with Gasteiger partial charge >= 0.3 is 0 Å². The van der Waals surface area contributed by atoms with Crippen LogP contribution in [0.1, 0.15) is 62.8 Å². The minimum absolute atomic E-state index is 0.0485. The molecule has 4 unspecified atom stereocenters. The second-order valence-corrected chi connectivity index (χ2v) is 9.44. The highest BCUT2D eigenvalue weighted by atomic mass is 19.1. The van der Waals surface area contributed by atoms with E-state index in [1.54, 1.807) is 12.1 Å². The first kappa shape index (κ1) is 21.9. The predicted octanol–water partition coefficient (Wildman–Crippen LogP) is 8.32. The third-order valence-electron chi connectivity index (χ3n) is 7.50. The monoisotopic (exact) mass is 418 g/mol. The molecule has 2 aliphatic rings. The Balaban J connectivity index is 1.40. The standard InChI is InChI=1S/C29H35FO/c1-3-5-6-21-7-8-24-19-26(10-9-23(24)18-21)28-16-13-25(20-29(28)30)22-11-14-27(15-12-22)31-17-4-2/h3-4,11-16,20-21,23-24,26H,1-2,5-10,17-19H2. The molecule has 0 heterocycles. The van der Waals surface area contributed by atoms with Crippen molar-refractivity contribution >= 4 is 0 Å². The molecule has 1 nitrogen and oxygen atoms in total. The number of benzene rings is 2. The van der Waals surface area contributed by atoms with E-state index in [4.69, 9.17) is 4.74 Å². The summed E-state index contributed by atoms with van der Waals surface area (Å²) in [7, 11) is 0. The molecule has 4 rings (SSSR count). The Labute approximate surface area is 187 Å². The molecule has 0 N–H and O–H groups in total. The normalized spacial score (nSPS) is 25.5. The summed E-state index contributed by atoms with van der Waals surface area (Å²) in [6.45, 7) is 8.02. The lowest BCUT2D eigenvalue weighted by Crippen LogP contribution is -2.30. The molecule has 0 spiro atoms. The van der Waals surface area contributed by atoms with Gasteiger partial charge in [0.2, 0.25) is 0 Å². The van der Waals surface area contributed by atoms with Gasteiger partial charge in [-0.1, -0.05) is 49.4 Å². The molecule has 31 heavy (non-hydrogen) atoms. The van der Waals surface area contributed by atoms with Crippen LogP contribution in [-0.4, -0.2) is 6.61 Å². The largest absolute Gasteiger partial charge is 0.490 e. The molecular formula is C29H35FO. The van der Waals surface area contributed by atoms with Crippen LogP contribution in [0.15, 0.2) is 67.8 Å². The van der Waals surface area contributed by atoms with Crippen LogP contribution in [0.5, 0.6) is 5.75 Å². The zero-order valence-electron chi connectivity index (χ0n) is 18.6. The van der Waals surface area contributed by atoms with Gasteiger partial charge in [0.25, 0.3) is 0 Å². The van der Waals surface area contributed by atoms with E-state index in [-0.39, 0.29) is 5.82 Å². The van der Waals surface area contributed by atoms with Crippen LogP contribution in [0, 0.1) is 23.6 Å². The van der Waals surface area contributed by atoms with Crippen molar-refractivity contribution in [3.05, 3.63) is 79.2 Å². The Bertz CT molecular complexity index is 884. The molecule has 164 valence electrons. The second kappa shape index (κ2) is 10.3. The van der Waals surface area contributed by atoms with Crippen LogP contribution in [0.2, 0.25) is 0 Å². The van der Waals surface area contributed by atoms with Gasteiger partial charge in [0.05, 0.1) is 0 Å². The molecule has 0 bridgehead atoms. The summed E-state index contributed by atoms with van der Waals surface area (Å²) < 4.78 is 20.7. The van der Waals surface area contributed by atoms with Crippen molar-refractivity contribution in [2.24, 2.45) is 17.8 Å². The van der Waals surface area contributed by atoms with Crippen LogP contribution in [-0.2, 0) is 0 Å². The first-order valence-corrected chi connectivity index (χ1v) is 11.9. The van der Waals surface area contributed by atoms with Gasteiger partial charge < -0.3 is 4.74 Å². The zero-order chi connectivity index (χ0) is 21.6. The number of hydrogen-bond donors (Lipinski definition) is 0. The molecule has 2 aliphatic carbocycles. The van der Waals surface area contributed by atoms with Crippen molar-refractivity contribution in [3.63, 3.8) is 0 Å². The summed E-state index contributed by atoms with van der Waals surface area (Å²) >= 11 is 0. The lowest BCUT2D eigenvalue weighted by molar-refractivity contribution is 0.114. The summed E-state index contributed by atoms with van der Waals surface area (Å²) in [5, 5.41) is 0. The molecule has 0 saturated heterocycles. The molecule has 0 amide bonds. The average molecular weight is 419 g/mol. The Hall–Kier alpha value is -2.35. The third kappa shape index (κ3) is 5.29. The van der Waals surface area contributed by atoms with Crippen molar-refractivity contribution in [1.82, 2.24) is 0 Å². The maximum Gasteiger partial charge on any atom is 0.127 e. The van der Waals surface area contributed by atoms with Gasteiger partial charge in [-0.15, -0.1) is 6.58 Å². The minimum Gasteiger partial charge on any atom is -0.490 e. The summed E-state index contributed by atoms with van der Waals surface area (Å²) in [5.74, 6) is 3.63. The summed E-state index contributed by atoms with van der Waals surface area (Å²) in [6, 6.07) is 13.7. The molecular weight excluding hydrogens is 383 g/mol. The fourth-order valence-corrected chi connectivity index (χ4v) is 5.82. The van der Waals surface area contributed by atoms with E-state index in [2.05, 4.69) is 25.3 Å². The first-order chi connectivity index (χ1) is 15.2. The smallest absolute Gasteiger partial charge is 0.127 e. The number of ether oxygens (including phenoxy) is 1. The van der Waals surface area contributed by atoms with Gasteiger partial charge in [-0.05, 0) is 104 Å². The van der Waals surface area contributed by atoms with Gasteiger partial charge in [-0.2, -0.15) is 0 Å². The highest BCUT2D eigenvalue weighted by Crippen LogP contribution is 2.48. The van der Waals surface area contributed by atoms with Crippen molar-refractivity contribution in [3.8, 4) is 16.9 Å². The lowest BCUT2D eigenvalue weighted by Gasteiger charge is -2.42. The predicted molar refractivity (Wildman–Crippen MR) is 128 cm³/mol. The maximum absolute atomic E-state index is 15.1. The van der Waals surface area contributed by atoms with Crippen LogP contribution in [0.4, 0.5) is 4.39 Å². The maximum atomic E-state index is 15.1. The van der Waals surface area contributed by atoms with Gasteiger partial charge in [-0.25, -0.2) is 4.39 Å². The topological polar surface area (TPSA) is 9.23 Å². The lowest BCUT2D eigenvalue weighted by atomic mass is 9.63. The van der Waals surface area contributed by atoms with Crippen molar-refractivity contribution in [2.45, 2.75) is 57.3 Å². The van der Waals surface area contributed by atoms with Crippen LogP contribution >= 0.6 is 0 Å². The minimum atomic E-state index is -0.0485. The first-order valence-electron chi connectivity index (χ1n) is 11.9. The van der Waals surface area contributed by atoms with Gasteiger partial charge in [0.1, 0.15) is 18.2 Å². The Kier molecular flexibility index (Phi) is 7.27. The molecule has 4 atom stereocenters. The molecule has 2 aromatic carbocycles. The van der Waals surface area contributed by atoms with E-state index < -0.39 is 0 Å². The van der Waals surface area contributed by atoms with Gasteiger partial charge in [0.15, 0.2) is 0 Å². The summed E-state index contributed by atoms with van der Waals surface area (Å²) in [6.07, 6.45) is 13.8. The van der Waals surface area contributed by atoms with Crippen LogP contribution in [0.3, 0.4) is 0 Å². The second-order valence-electron chi connectivity index (χ2n) is 9.44. The SMILES string of the molecule is C=CCCC1CCC2CC(c3ccc(-c4ccc(OCC=C)cc4)cc3F)CCC2C1. The number of fused-ring (bicyclic) bond motifs is 1. The number of allylic oxidation sites excluding steroid dienone is 1. The number of halogens is 1. The summed E-state index contributed by atoms with van der Waals surface area (Å²) in [4.78, 5) is 0. The molecule has 0 radical (unpaired) electrons. The highest BCUT2D eigenvalue weighted by Gasteiger charge is 2.36. The van der Waals surface area contributed by atoms with Gasteiger partial charge in [-0.3, -0.25) is 0 Å². The molecule has 2 aromatic rings. The molecule has 2 fully saturated rings. The van der Waals surface area contributed by atoms with Crippen molar-refractivity contribution < 1.29 is 9.13 Å². The van der Waals surface area contributed by atoms with E-state index in [1.165, 1.54) is 32.1 Å². The molecule has 0 aliphatic heterocycles. The number of rotatable bonds is 8. The zero-order valence-corrected chi connectivity index (χ0v) is 18.6. The van der Waals surface area contributed by atoms with E-state index in [1.807, 2.05) is 30.3 Å². The Morgan fingerprint density at radius 2 is 1.61 bits per heavy atom. The van der Waals surface area contributed by atoms with E-state index >= 15 is 4.39 Å². The Morgan fingerprint density at radius 1 is 0.871 bits per heavy atom. The quantitative estimate of drug-likeness (QED) is 0.392. The average Bonchev–Trinajstić information content (AvgIpc) is 2.81. The van der Waals surface area contributed by atoms with E-state index in [0.717, 1.165) is 59.5 Å². The van der Waals surface area contributed by atoms with E-state index in [9.17, 15) is 0 Å². The fraction of sp³-hybridized carbons (Fsp3) is 0.448. The van der Waals surface area contributed by atoms with Crippen LogP contribution < -0.4 is 4.74 Å². The molecule has 2 heteroatoms. The molecule has 2 saturated carbocycles. The number of hydrogen-bond acceptors (Lipinski definition) is 1. The van der Waals surface area contributed by atoms with Gasteiger partial charge in [0, 0.05) is 0 Å². The Morgan fingerprint density at radius 3 is 2.35 bits per heavy atom. The fourth-order valence-electron chi connectivity index (χ4n) is 5.82. The van der Waals surface area contributed by atoms with E-state index in [0.29, 0.717) is 12.5 Å². The summed E-state index contributed by atoms with van der Waals surface area (Å²) in [5.41, 5.74) is 2.85. The van der Waals surface area contributed by atoms with Crippen LogP contribution in [0.25, 0.3) is 11.1 Å². The third-order valence-corrected chi connectivity index (χ3v) is 7.50. The van der Waals surface area contributed by atoms with Crippen molar-refractivity contribution in [2.75, 3.05) is 6.61 Å². The molecule has 0 aromatic heterocycles. The highest BCUT2D eigenvalue weighted by molar-refractivity contribution is 5.64.